The molecule has 2 N–H and O–H groups in total. The second-order valence-electron chi connectivity index (χ2n) is 2.70. The molecule has 0 aromatic heterocycles. The SMILES string of the molecule is C=NNC(C)C(=O)C(C(=O)O)N(C)[O-]. The van der Waals surface area contributed by atoms with Gasteiger partial charge in [0.2, 0.25) is 0 Å². The van der Waals surface area contributed by atoms with Crippen LogP contribution in [0, 0.1) is 5.21 Å². The number of likely N-dealkylation sites (N-methyl/N-ethyl adjacent to an activating group) is 1. The molecule has 0 aliphatic rings. The van der Waals surface area contributed by atoms with Gasteiger partial charge in [-0.05, 0) is 14.0 Å². The van der Waals surface area contributed by atoms with E-state index in [0.717, 1.165) is 7.05 Å². The summed E-state index contributed by atoms with van der Waals surface area (Å²) in [6.07, 6.45) is 0. The molecular weight excluding hydrogens is 190 g/mol. The molecule has 0 aromatic rings. The van der Waals surface area contributed by atoms with Gasteiger partial charge in [0.05, 0.1) is 0 Å². The van der Waals surface area contributed by atoms with E-state index >= 15 is 0 Å². The number of hydrazone groups is 1. The second-order valence-corrected chi connectivity index (χ2v) is 2.70. The number of rotatable bonds is 6. The predicted molar refractivity (Wildman–Crippen MR) is 49.7 cm³/mol. The third-order valence-electron chi connectivity index (χ3n) is 1.58. The van der Waals surface area contributed by atoms with Gasteiger partial charge >= 0.3 is 5.97 Å². The van der Waals surface area contributed by atoms with Crippen molar-refractivity contribution in [2.24, 2.45) is 5.10 Å². The number of aliphatic carboxylic acids is 1. The maximum atomic E-state index is 11.3. The van der Waals surface area contributed by atoms with Crippen LogP contribution in [-0.4, -0.2) is 47.8 Å². The van der Waals surface area contributed by atoms with Gasteiger partial charge in [0, 0.05) is 6.72 Å². The fourth-order valence-electron chi connectivity index (χ4n) is 0.894. The molecule has 0 saturated heterocycles. The molecule has 0 rings (SSSR count). The molecule has 0 amide bonds. The number of ketones is 1. The van der Waals surface area contributed by atoms with E-state index in [-0.39, 0.29) is 5.06 Å². The van der Waals surface area contributed by atoms with Crippen molar-refractivity contribution in [3.63, 3.8) is 0 Å². The fraction of sp³-hybridized carbons (Fsp3) is 0.571. The summed E-state index contributed by atoms with van der Waals surface area (Å²) in [5, 5.41) is 22.7. The summed E-state index contributed by atoms with van der Waals surface area (Å²) < 4.78 is 0. The average molecular weight is 202 g/mol. The first-order chi connectivity index (χ1) is 6.41. The lowest BCUT2D eigenvalue weighted by Crippen LogP contribution is -2.48. The minimum Gasteiger partial charge on any atom is -0.784 e. The summed E-state index contributed by atoms with van der Waals surface area (Å²) in [5.41, 5.74) is 2.27. The molecule has 0 aliphatic carbocycles. The van der Waals surface area contributed by atoms with Crippen molar-refractivity contribution in [2.45, 2.75) is 19.0 Å². The van der Waals surface area contributed by atoms with Crippen molar-refractivity contribution in [1.29, 1.82) is 0 Å². The molecule has 0 fully saturated rings. The first-order valence-electron chi connectivity index (χ1n) is 3.79. The molecule has 80 valence electrons. The highest BCUT2D eigenvalue weighted by Crippen LogP contribution is 2.00. The number of hydroxylamine groups is 2. The van der Waals surface area contributed by atoms with Crippen molar-refractivity contribution >= 4 is 18.5 Å². The van der Waals surface area contributed by atoms with Crippen LogP contribution in [0.25, 0.3) is 0 Å². The van der Waals surface area contributed by atoms with E-state index in [4.69, 9.17) is 5.11 Å². The van der Waals surface area contributed by atoms with E-state index in [2.05, 4.69) is 17.2 Å². The maximum absolute atomic E-state index is 11.3. The Hall–Kier alpha value is -1.47. The Morgan fingerprint density at radius 2 is 2.14 bits per heavy atom. The molecule has 2 unspecified atom stereocenters. The molecule has 7 nitrogen and oxygen atoms in total. The summed E-state index contributed by atoms with van der Waals surface area (Å²) in [5.74, 6) is -2.24. The van der Waals surface area contributed by atoms with Gasteiger partial charge in [-0.15, -0.1) is 0 Å². The molecule has 0 bridgehead atoms. The number of carboxylic acid groups (broad SMARTS) is 1. The van der Waals surface area contributed by atoms with Gasteiger partial charge in [-0.1, -0.05) is 0 Å². The third-order valence-corrected chi connectivity index (χ3v) is 1.58. The number of carbonyl (C=O) groups is 2. The third kappa shape index (κ3) is 3.11. The Morgan fingerprint density at radius 1 is 1.64 bits per heavy atom. The number of Topliss-reactive ketones (excluding diaryl/α,β-unsaturated/α-hetero) is 1. The normalized spacial score (nSPS) is 14.6. The minimum atomic E-state index is -1.71. The van der Waals surface area contributed by atoms with E-state index < -0.39 is 23.8 Å². The maximum Gasteiger partial charge on any atom is 0.327 e. The van der Waals surface area contributed by atoms with Gasteiger partial charge in [0.15, 0.2) is 11.8 Å². The Kier molecular flexibility index (Phi) is 4.74. The molecule has 2 atom stereocenters. The molecule has 0 aromatic carbocycles. The van der Waals surface area contributed by atoms with Crippen LogP contribution in [0.15, 0.2) is 5.10 Å². The Balaban J connectivity index is 4.59. The predicted octanol–water partition coefficient (Wildman–Crippen LogP) is -0.968. The van der Waals surface area contributed by atoms with Crippen molar-refractivity contribution < 1.29 is 14.7 Å². The van der Waals surface area contributed by atoms with E-state index in [1.807, 2.05) is 0 Å². The van der Waals surface area contributed by atoms with Crippen LogP contribution in [0.1, 0.15) is 6.92 Å². The van der Waals surface area contributed by atoms with Crippen LogP contribution in [-0.2, 0) is 9.59 Å². The van der Waals surface area contributed by atoms with Gasteiger partial charge in [-0.25, -0.2) is 0 Å². The highest BCUT2D eigenvalue weighted by molar-refractivity contribution is 6.04. The van der Waals surface area contributed by atoms with E-state index in [0.29, 0.717) is 0 Å². The van der Waals surface area contributed by atoms with E-state index in [1.54, 1.807) is 0 Å². The van der Waals surface area contributed by atoms with E-state index in [1.165, 1.54) is 6.92 Å². The zero-order valence-corrected chi connectivity index (χ0v) is 7.93. The molecule has 7 heteroatoms. The molecular formula is C7H12N3O4-. The Morgan fingerprint density at radius 3 is 2.43 bits per heavy atom. The van der Waals surface area contributed by atoms with Gasteiger partial charge in [0.25, 0.3) is 0 Å². The number of carboxylic acids is 1. The largest absolute Gasteiger partial charge is 0.784 e. The van der Waals surface area contributed by atoms with Gasteiger partial charge < -0.3 is 20.8 Å². The average Bonchev–Trinajstić information content (AvgIpc) is 2.03. The van der Waals surface area contributed by atoms with Crippen molar-refractivity contribution in [2.75, 3.05) is 7.05 Å². The smallest absolute Gasteiger partial charge is 0.327 e. The van der Waals surface area contributed by atoms with Crippen molar-refractivity contribution in [1.82, 2.24) is 10.5 Å². The first-order valence-corrected chi connectivity index (χ1v) is 3.79. The zero-order valence-electron chi connectivity index (χ0n) is 7.93. The van der Waals surface area contributed by atoms with Crippen LogP contribution in [0.3, 0.4) is 0 Å². The minimum absolute atomic E-state index is 0.0892. The summed E-state index contributed by atoms with van der Waals surface area (Å²) >= 11 is 0. The summed E-state index contributed by atoms with van der Waals surface area (Å²) in [4.78, 5) is 21.9. The van der Waals surface area contributed by atoms with Crippen molar-refractivity contribution in [3.05, 3.63) is 5.21 Å². The molecule has 14 heavy (non-hydrogen) atoms. The number of carbonyl (C=O) groups excluding carboxylic acids is 1. The summed E-state index contributed by atoms with van der Waals surface area (Å²) in [7, 11) is 0.977. The number of hydrogen-bond donors (Lipinski definition) is 2. The fourth-order valence-corrected chi connectivity index (χ4v) is 0.894. The first kappa shape index (κ1) is 12.5. The number of nitrogens with zero attached hydrogens (tertiary/aromatic N) is 2. The van der Waals surface area contributed by atoms with Crippen LogP contribution in [0.2, 0.25) is 0 Å². The van der Waals surface area contributed by atoms with Crippen LogP contribution >= 0.6 is 0 Å². The number of nitrogens with one attached hydrogen (secondary N) is 1. The van der Waals surface area contributed by atoms with Gasteiger partial charge in [-0.2, -0.15) is 5.10 Å². The molecule has 0 aliphatic heterocycles. The molecule has 0 radical (unpaired) electrons. The van der Waals surface area contributed by atoms with Crippen LogP contribution in [0.4, 0.5) is 0 Å². The quantitative estimate of drug-likeness (QED) is 0.326. The Bertz CT molecular complexity index is 241. The van der Waals surface area contributed by atoms with Crippen LogP contribution < -0.4 is 5.43 Å². The number of hydrogen-bond acceptors (Lipinski definition) is 6. The van der Waals surface area contributed by atoms with Crippen LogP contribution in [0.5, 0.6) is 0 Å². The highest BCUT2D eigenvalue weighted by Gasteiger charge is 2.29. The van der Waals surface area contributed by atoms with Crippen molar-refractivity contribution in [3.8, 4) is 0 Å². The highest BCUT2D eigenvalue weighted by atomic mass is 16.5. The second kappa shape index (κ2) is 5.30. The zero-order chi connectivity index (χ0) is 11.3. The van der Waals surface area contributed by atoms with Gasteiger partial charge in [-0.3, -0.25) is 9.59 Å². The molecule has 0 spiro atoms. The standard InChI is InChI=1S/C7H12N3O4/c1-4(9-8-2)6(11)5(7(12)13)10(3)14/h4-5,9H,2H2,1,3H3,(H,12,13)/q-1. The lowest BCUT2D eigenvalue weighted by Gasteiger charge is -2.29. The lowest BCUT2D eigenvalue weighted by molar-refractivity contribution is -0.146. The monoisotopic (exact) mass is 202 g/mol. The molecule has 0 saturated carbocycles. The lowest BCUT2D eigenvalue weighted by atomic mass is 10.1. The summed E-state index contributed by atoms with van der Waals surface area (Å²) in [6, 6.07) is -2.57. The van der Waals surface area contributed by atoms with E-state index in [9.17, 15) is 14.8 Å². The Labute approximate surface area is 81.0 Å². The van der Waals surface area contributed by atoms with Gasteiger partial charge in [0.1, 0.15) is 6.04 Å². The summed E-state index contributed by atoms with van der Waals surface area (Å²) in [6.45, 7) is 4.48. The topological polar surface area (TPSA) is 105 Å². The molecule has 0 heterocycles.